The summed E-state index contributed by atoms with van der Waals surface area (Å²) >= 11 is 0. The number of rotatable bonds is 5. The molecule has 0 spiro atoms. The summed E-state index contributed by atoms with van der Waals surface area (Å²) in [6, 6.07) is 9.98. The summed E-state index contributed by atoms with van der Waals surface area (Å²) in [4.78, 5) is 10.7. The van der Waals surface area contributed by atoms with Crippen molar-refractivity contribution in [2.45, 2.75) is 32.2 Å². The van der Waals surface area contributed by atoms with E-state index in [2.05, 4.69) is 41.3 Å². The second-order valence-corrected chi connectivity index (χ2v) is 9.04. The van der Waals surface area contributed by atoms with Crippen LogP contribution in [0.15, 0.2) is 36.5 Å². The lowest BCUT2D eigenvalue weighted by Crippen LogP contribution is -2.33. The first-order valence-corrected chi connectivity index (χ1v) is 10.3. The molecule has 134 valence electrons. The van der Waals surface area contributed by atoms with Gasteiger partial charge in [0, 0.05) is 25.0 Å². The maximum atomic E-state index is 11.7. The third-order valence-electron chi connectivity index (χ3n) is 4.59. The van der Waals surface area contributed by atoms with Crippen LogP contribution in [0.1, 0.15) is 31.7 Å². The van der Waals surface area contributed by atoms with Gasteiger partial charge in [-0.1, -0.05) is 26.0 Å². The van der Waals surface area contributed by atoms with E-state index < -0.39 is 9.84 Å². The minimum atomic E-state index is -2.92. The topological polar surface area (TPSA) is 75.2 Å². The second kappa shape index (κ2) is 7.00. The molecule has 2 heterocycles. The van der Waals surface area contributed by atoms with E-state index in [9.17, 15) is 8.42 Å². The predicted molar refractivity (Wildman–Crippen MR) is 101 cm³/mol. The Balaban J connectivity index is 1.73. The maximum absolute atomic E-state index is 11.7. The van der Waals surface area contributed by atoms with Gasteiger partial charge in [-0.3, -0.25) is 0 Å². The van der Waals surface area contributed by atoms with Crippen molar-refractivity contribution >= 4 is 27.3 Å². The smallest absolute Gasteiger partial charge is 0.229 e. The molecule has 1 atom stereocenters. The van der Waals surface area contributed by atoms with Crippen LogP contribution < -0.4 is 10.2 Å². The SMILES string of the molecule is CC(C)c1ccc(Nc2nccc(N(C)C3CCS(=O)(=O)C3)n2)cc1. The largest absolute Gasteiger partial charge is 0.355 e. The number of benzene rings is 1. The highest BCUT2D eigenvalue weighted by molar-refractivity contribution is 7.91. The van der Waals surface area contributed by atoms with E-state index in [4.69, 9.17) is 0 Å². The Morgan fingerprint density at radius 1 is 1.20 bits per heavy atom. The van der Waals surface area contributed by atoms with Crippen molar-refractivity contribution in [2.75, 3.05) is 28.8 Å². The zero-order valence-corrected chi connectivity index (χ0v) is 15.6. The monoisotopic (exact) mass is 360 g/mol. The van der Waals surface area contributed by atoms with Gasteiger partial charge in [0.1, 0.15) is 5.82 Å². The highest BCUT2D eigenvalue weighted by atomic mass is 32.2. The zero-order valence-electron chi connectivity index (χ0n) is 14.8. The van der Waals surface area contributed by atoms with Gasteiger partial charge in [0.2, 0.25) is 5.95 Å². The molecule has 6 nitrogen and oxygen atoms in total. The first-order valence-electron chi connectivity index (χ1n) is 8.47. The molecule has 0 amide bonds. The molecular weight excluding hydrogens is 336 g/mol. The number of anilines is 3. The summed E-state index contributed by atoms with van der Waals surface area (Å²) in [5.41, 5.74) is 2.20. The van der Waals surface area contributed by atoms with Crippen LogP contribution in [0.2, 0.25) is 0 Å². The van der Waals surface area contributed by atoms with Gasteiger partial charge in [-0.2, -0.15) is 4.98 Å². The fourth-order valence-electron chi connectivity index (χ4n) is 2.95. The summed E-state index contributed by atoms with van der Waals surface area (Å²) in [5.74, 6) is 2.15. The maximum Gasteiger partial charge on any atom is 0.229 e. The molecule has 1 unspecified atom stereocenters. The average molecular weight is 360 g/mol. The molecule has 1 aromatic heterocycles. The Bertz CT molecular complexity index is 834. The number of hydrogen-bond donors (Lipinski definition) is 1. The zero-order chi connectivity index (χ0) is 18.0. The fraction of sp³-hybridized carbons (Fsp3) is 0.444. The van der Waals surface area contributed by atoms with Gasteiger partial charge in [0.15, 0.2) is 9.84 Å². The third kappa shape index (κ3) is 4.28. The van der Waals surface area contributed by atoms with Gasteiger partial charge < -0.3 is 10.2 Å². The minimum Gasteiger partial charge on any atom is -0.355 e. The first-order chi connectivity index (χ1) is 11.8. The van der Waals surface area contributed by atoms with E-state index >= 15 is 0 Å². The summed E-state index contributed by atoms with van der Waals surface area (Å²) in [6.45, 7) is 4.32. The number of hydrogen-bond acceptors (Lipinski definition) is 6. The Labute approximate surface area is 149 Å². The Hall–Kier alpha value is -2.15. The van der Waals surface area contributed by atoms with Crippen molar-refractivity contribution in [2.24, 2.45) is 0 Å². The lowest BCUT2D eigenvalue weighted by molar-refractivity contribution is 0.600. The van der Waals surface area contributed by atoms with Crippen LogP contribution in [-0.2, 0) is 9.84 Å². The summed E-state index contributed by atoms with van der Waals surface area (Å²) in [5, 5.41) is 3.21. The molecule has 0 aliphatic carbocycles. The molecule has 1 aliphatic rings. The van der Waals surface area contributed by atoms with Crippen molar-refractivity contribution in [3.8, 4) is 0 Å². The molecule has 0 saturated carbocycles. The summed E-state index contributed by atoms with van der Waals surface area (Å²) in [7, 11) is -1.04. The third-order valence-corrected chi connectivity index (χ3v) is 6.34. The quantitative estimate of drug-likeness (QED) is 0.883. The summed E-state index contributed by atoms with van der Waals surface area (Å²) < 4.78 is 23.4. The van der Waals surface area contributed by atoms with E-state index in [0.29, 0.717) is 18.3 Å². The van der Waals surface area contributed by atoms with E-state index in [0.717, 1.165) is 11.5 Å². The van der Waals surface area contributed by atoms with Crippen LogP contribution in [0.25, 0.3) is 0 Å². The molecule has 1 aromatic carbocycles. The second-order valence-electron chi connectivity index (χ2n) is 6.81. The van der Waals surface area contributed by atoms with Gasteiger partial charge >= 0.3 is 0 Å². The predicted octanol–water partition coefficient (Wildman–Crippen LogP) is 2.97. The normalized spacial score (nSPS) is 19.1. The van der Waals surface area contributed by atoms with Crippen molar-refractivity contribution in [1.82, 2.24) is 9.97 Å². The molecule has 0 radical (unpaired) electrons. The Kier molecular flexibility index (Phi) is 4.94. The van der Waals surface area contributed by atoms with Crippen molar-refractivity contribution in [3.05, 3.63) is 42.1 Å². The number of aromatic nitrogens is 2. The molecule has 3 rings (SSSR count). The molecule has 7 heteroatoms. The number of sulfone groups is 1. The van der Waals surface area contributed by atoms with Crippen LogP contribution in [0.4, 0.5) is 17.5 Å². The number of nitrogens with zero attached hydrogens (tertiary/aromatic N) is 3. The molecule has 1 saturated heterocycles. The molecule has 2 aromatic rings. The molecule has 1 fully saturated rings. The van der Waals surface area contributed by atoms with Gasteiger partial charge in [0.05, 0.1) is 11.5 Å². The van der Waals surface area contributed by atoms with Crippen LogP contribution >= 0.6 is 0 Å². The average Bonchev–Trinajstić information content (AvgIpc) is 2.95. The van der Waals surface area contributed by atoms with Gasteiger partial charge in [-0.25, -0.2) is 13.4 Å². The molecular formula is C18H24N4O2S. The van der Waals surface area contributed by atoms with Crippen molar-refractivity contribution in [3.63, 3.8) is 0 Å². The van der Waals surface area contributed by atoms with Crippen LogP contribution in [0.3, 0.4) is 0 Å². The molecule has 1 aliphatic heterocycles. The van der Waals surface area contributed by atoms with Crippen LogP contribution in [0, 0.1) is 0 Å². The molecule has 1 N–H and O–H groups in total. The minimum absolute atomic E-state index is 0.0296. The van der Waals surface area contributed by atoms with E-state index in [1.54, 1.807) is 12.3 Å². The van der Waals surface area contributed by atoms with E-state index in [1.807, 2.05) is 24.1 Å². The van der Waals surface area contributed by atoms with Gasteiger partial charge in [-0.15, -0.1) is 0 Å². The van der Waals surface area contributed by atoms with Gasteiger partial charge in [-0.05, 0) is 36.1 Å². The Morgan fingerprint density at radius 2 is 1.92 bits per heavy atom. The lowest BCUT2D eigenvalue weighted by atomic mass is 10.0. The van der Waals surface area contributed by atoms with Gasteiger partial charge in [0.25, 0.3) is 0 Å². The molecule has 0 bridgehead atoms. The van der Waals surface area contributed by atoms with Crippen LogP contribution in [0.5, 0.6) is 0 Å². The van der Waals surface area contributed by atoms with Crippen LogP contribution in [-0.4, -0.2) is 43.0 Å². The van der Waals surface area contributed by atoms with E-state index in [1.165, 1.54) is 5.56 Å². The highest BCUT2D eigenvalue weighted by Crippen LogP contribution is 2.23. The van der Waals surface area contributed by atoms with E-state index in [-0.39, 0.29) is 17.5 Å². The fourth-order valence-corrected chi connectivity index (χ4v) is 4.73. The van der Waals surface area contributed by atoms with Crippen molar-refractivity contribution in [1.29, 1.82) is 0 Å². The summed E-state index contributed by atoms with van der Waals surface area (Å²) in [6.07, 6.45) is 2.33. The molecule has 25 heavy (non-hydrogen) atoms. The highest BCUT2D eigenvalue weighted by Gasteiger charge is 2.31. The standard InChI is InChI=1S/C18H24N4O2S/c1-13(2)14-4-6-15(7-5-14)20-18-19-10-8-17(21-18)22(3)16-9-11-25(23,24)12-16/h4-8,10,13,16H,9,11-12H2,1-3H3,(H,19,20,21). The lowest BCUT2D eigenvalue weighted by Gasteiger charge is -2.24. The number of nitrogens with one attached hydrogen (secondary N) is 1. The van der Waals surface area contributed by atoms with Crippen molar-refractivity contribution < 1.29 is 8.42 Å². The Morgan fingerprint density at radius 3 is 2.52 bits per heavy atom. The first kappa shape index (κ1) is 17.7.